The standard InChI is InChI=1S/C24H22N2O2/c1-17(27)26-16-15-20-13-8-14-21(23(20)26)25-24(28)22(18-9-4-2-5-10-18)19-11-6-3-7-12-19/h2-14,22H,15-16H2,1H3,(H,25,28). The molecule has 4 nitrogen and oxygen atoms in total. The number of amides is 2. The van der Waals surface area contributed by atoms with Crippen LogP contribution < -0.4 is 10.2 Å². The van der Waals surface area contributed by atoms with E-state index in [4.69, 9.17) is 0 Å². The molecule has 0 unspecified atom stereocenters. The van der Waals surface area contributed by atoms with Gasteiger partial charge in [0.15, 0.2) is 0 Å². The highest BCUT2D eigenvalue weighted by atomic mass is 16.2. The maximum atomic E-state index is 13.4. The number of hydrogen-bond acceptors (Lipinski definition) is 2. The van der Waals surface area contributed by atoms with Crippen molar-refractivity contribution in [1.29, 1.82) is 0 Å². The first-order valence-corrected chi connectivity index (χ1v) is 9.46. The van der Waals surface area contributed by atoms with Crippen molar-refractivity contribution in [2.24, 2.45) is 0 Å². The Morgan fingerprint density at radius 1 is 0.857 bits per heavy atom. The highest BCUT2D eigenvalue weighted by molar-refractivity contribution is 6.04. The molecule has 0 saturated carbocycles. The largest absolute Gasteiger partial charge is 0.323 e. The van der Waals surface area contributed by atoms with E-state index in [1.807, 2.05) is 78.9 Å². The zero-order chi connectivity index (χ0) is 19.5. The number of anilines is 2. The SMILES string of the molecule is CC(=O)N1CCc2cccc(NC(=O)C(c3ccccc3)c3ccccc3)c21. The monoisotopic (exact) mass is 370 g/mol. The van der Waals surface area contributed by atoms with E-state index in [1.165, 1.54) is 0 Å². The van der Waals surface area contributed by atoms with Crippen molar-refractivity contribution in [2.75, 3.05) is 16.8 Å². The molecule has 0 fully saturated rings. The van der Waals surface area contributed by atoms with E-state index in [9.17, 15) is 9.59 Å². The first-order chi connectivity index (χ1) is 13.6. The van der Waals surface area contributed by atoms with Crippen LogP contribution in [0.4, 0.5) is 11.4 Å². The Labute approximate surface area is 164 Å². The molecule has 0 bridgehead atoms. The van der Waals surface area contributed by atoms with E-state index < -0.39 is 5.92 Å². The van der Waals surface area contributed by atoms with Crippen molar-refractivity contribution in [3.8, 4) is 0 Å². The molecular formula is C24H22N2O2. The van der Waals surface area contributed by atoms with Crippen LogP contribution in [-0.4, -0.2) is 18.4 Å². The Morgan fingerprint density at radius 2 is 1.46 bits per heavy atom. The molecule has 0 atom stereocenters. The van der Waals surface area contributed by atoms with Crippen molar-refractivity contribution in [3.63, 3.8) is 0 Å². The fourth-order valence-electron chi connectivity index (χ4n) is 3.86. The molecule has 0 aromatic heterocycles. The summed E-state index contributed by atoms with van der Waals surface area (Å²) in [6.45, 7) is 2.21. The highest BCUT2D eigenvalue weighted by Gasteiger charge is 2.28. The average molecular weight is 370 g/mol. The number of fused-ring (bicyclic) bond motifs is 1. The van der Waals surface area contributed by atoms with Crippen LogP contribution in [-0.2, 0) is 16.0 Å². The minimum atomic E-state index is -0.426. The number of nitrogens with one attached hydrogen (secondary N) is 1. The summed E-state index contributed by atoms with van der Waals surface area (Å²) in [5, 5.41) is 3.09. The van der Waals surface area contributed by atoms with Gasteiger partial charge in [-0.05, 0) is 29.2 Å². The van der Waals surface area contributed by atoms with Gasteiger partial charge in [0.2, 0.25) is 11.8 Å². The number of rotatable bonds is 4. The summed E-state index contributed by atoms with van der Waals surface area (Å²) in [6, 6.07) is 25.3. The van der Waals surface area contributed by atoms with Gasteiger partial charge in [0, 0.05) is 13.5 Å². The zero-order valence-corrected chi connectivity index (χ0v) is 15.8. The first-order valence-electron chi connectivity index (χ1n) is 9.46. The Bertz CT molecular complexity index is 960. The van der Waals surface area contributed by atoms with Crippen molar-refractivity contribution in [3.05, 3.63) is 95.6 Å². The van der Waals surface area contributed by atoms with Crippen LogP contribution >= 0.6 is 0 Å². The molecule has 4 heteroatoms. The molecule has 28 heavy (non-hydrogen) atoms. The van der Waals surface area contributed by atoms with Gasteiger partial charge in [-0.1, -0.05) is 72.8 Å². The quantitative estimate of drug-likeness (QED) is 0.741. The van der Waals surface area contributed by atoms with Crippen LogP contribution in [0, 0.1) is 0 Å². The van der Waals surface area contributed by atoms with Gasteiger partial charge in [0.05, 0.1) is 17.3 Å². The lowest BCUT2D eigenvalue weighted by Gasteiger charge is -2.22. The summed E-state index contributed by atoms with van der Waals surface area (Å²) in [7, 11) is 0. The van der Waals surface area contributed by atoms with Gasteiger partial charge in [-0.2, -0.15) is 0 Å². The Balaban J connectivity index is 1.71. The number of nitrogens with zero attached hydrogens (tertiary/aromatic N) is 1. The zero-order valence-electron chi connectivity index (χ0n) is 15.8. The molecule has 0 radical (unpaired) electrons. The number of benzene rings is 3. The van der Waals surface area contributed by atoms with Crippen LogP contribution in [0.1, 0.15) is 29.5 Å². The van der Waals surface area contributed by atoms with Crippen molar-refractivity contribution in [2.45, 2.75) is 19.3 Å². The number of para-hydroxylation sites is 1. The van der Waals surface area contributed by atoms with Gasteiger partial charge in [0.1, 0.15) is 0 Å². The lowest BCUT2D eigenvalue weighted by molar-refractivity contribution is -0.117. The predicted molar refractivity (Wildman–Crippen MR) is 112 cm³/mol. The summed E-state index contributed by atoms with van der Waals surface area (Å²) in [5.41, 5.74) is 4.46. The molecule has 2 amide bonds. The lowest BCUT2D eigenvalue weighted by atomic mass is 9.90. The molecule has 1 heterocycles. The Hall–Kier alpha value is -3.40. The second-order valence-electron chi connectivity index (χ2n) is 6.98. The molecule has 0 saturated heterocycles. The van der Waals surface area contributed by atoms with E-state index in [2.05, 4.69) is 5.32 Å². The van der Waals surface area contributed by atoms with E-state index >= 15 is 0 Å². The molecule has 3 aromatic rings. The van der Waals surface area contributed by atoms with Gasteiger partial charge < -0.3 is 10.2 Å². The summed E-state index contributed by atoms with van der Waals surface area (Å²) >= 11 is 0. The normalized spacial score (nSPS) is 12.7. The van der Waals surface area contributed by atoms with Crippen molar-refractivity contribution < 1.29 is 9.59 Å². The van der Waals surface area contributed by atoms with Crippen LogP contribution in [0.3, 0.4) is 0 Å². The highest BCUT2D eigenvalue weighted by Crippen LogP contribution is 2.36. The second-order valence-corrected chi connectivity index (χ2v) is 6.98. The second kappa shape index (κ2) is 7.69. The molecule has 0 aliphatic carbocycles. The van der Waals surface area contributed by atoms with Crippen LogP contribution in [0.5, 0.6) is 0 Å². The third-order valence-corrected chi connectivity index (χ3v) is 5.16. The summed E-state index contributed by atoms with van der Waals surface area (Å²) in [5.74, 6) is -0.547. The van der Waals surface area contributed by atoms with Gasteiger partial charge in [-0.3, -0.25) is 9.59 Å². The van der Waals surface area contributed by atoms with E-state index in [-0.39, 0.29) is 11.8 Å². The smallest absolute Gasteiger partial charge is 0.236 e. The number of hydrogen-bond donors (Lipinski definition) is 1. The number of carbonyl (C=O) groups is 2. The fraction of sp³-hybridized carbons (Fsp3) is 0.167. The topological polar surface area (TPSA) is 49.4 Å². The third-order valence-electron chi connectivity index (χ3n) is 5.16. The van der Waals surface area contributed by atoms with Gasteiger partial charge >= 0.3 is 0 Å². The average Bonchev–Trinajstić information content (AvgIpc) is 3.15. The van der Waals surface area contributed by atoms with Crippen molar-refractivity contribution in [1.82, 2.24) is 0 Å². The van der Waals surface area contributed by atoms with Gasteiger partial charge in [-0.15, -0.1) is 0 Å². The maximum Gasteiger partial charge on any atom is 0.236 e. The molecule has 3 aromatic carbocycles. The Kier molecular flexibility index (Phi) is 4.94. The van der Waals surface area contributed by atoms with Gasteiger partial charge in [-0.25, -0.2) is 0 Å². The van der Waals surface area contributed by atoms with Crippen LogP contribution in [0.15, 0.2) is 78.9 Å². The minimum absolute atomic E-state index is 0.0110. The third kappa shape index (κ3) is 3.41. The predicted octanol–water partition coefficient (Wildman–Crippen LogP) is 4.37. The molecule has 1 aliphatic rings. The minimum Gasteiger partial charge on any atom is -0.323 e. The molecule has 1 N–H and O–H groups in total. The molecule has 4 rings (SSSR count). The van der Waals surface area contributed by atoms with E-state index in [0.29, 0.717) is 12.2 Å². The maximum absolute atomic E-state index is 13.4. The van der Waals surface area contributed by atoms with Crippen LogP contribution in [0.25, 0.3) is 0 Å². The van der Waals surface area contributed by atoms with E-state index in [0.717, 1.165) is 28.8 Å². The number of carbonyl (C=O) groups excluding carboxylic acids is 2. The Morgan fingerprint density at radius 3 is 2.04 bits per heavy atom. The van der Waals surface area contributed by atoms with Gasteiger partial charge in [0.25, 0.3) is 0 Å². The van der Waals surface area contributed by atoms with E-state index in [1.54, 1.807) is 11.8 Å². The summed E-state index contributed by atoms with van der Waals surface area (Å²) in [4.78, 5) is 27.2. The van der Waals surface area contributed by atoms with Crippen LogP contribution in [0.2, 0.25) is 0 Å². The molecule has 0 spiro atoms. The molecular weight excluding hydrogens is 348 g/mol. The molecule has 1 aliphatic heterocycles. The lowest BCUT2D eigenvalue weighted by Crippen LogP contribution is -2.28. The summed E-state index contributed by atoms with van der Waals surface area (Å²) < 4.78 is 0. The fourth-order valence-corrected chi connectivity index (χ4v) is 3.86. The van der Waals surface area contributed by atoms with Crippen molar-refractivity contribution >= 4 is 23.2 Å². The summed E-state index contributed by atoms with van der Waals surface area (Å²) in [6.07, 6.45) is 0.805. The first kappa shape index (κ1) is 18.0. The molecule has 140 valence electrons.